The molecule has 3 nitrogen and oxygen atoms in total. The van der Waals surface area contributed by atoms with Gasteiger partial charge < -0.3 is 11.1 Å². The minimum atomic E-state index is 0.0152. The Morgan fingerprint density at radius 2 is 2.07 bits per heavy atom. The number of nitrogens with one attached hydrogen (secondary N) is 1. The molecule has 3 N–H and O–H groups in total. The van der Waals surface area contributed by atoms with E-state index in [9.17, 15) is 4.79 Å². The first-order valence-electron chi connectivity index (χ1n) is 6.08. The Hall–Kier alpha value is -0.570. The maximum atomic E-state index is 11.5. The number of nitrogens with two attached hydrogens (primary N) is 1. The molecule has 0 radical (unpaired) electrons. The molecule has 0 heterocycles. The summed E-state index contributed by atoms with van der Waals surface area (Å²) in [5, 5.41) is 3.01. The first-order chi connectivity index (χ1) is 7.06. The van der Waals surface area contributed by atoms with Crippen molar-refractivity contribution >= 4 is 5.91 Å². The van der Waals surface area contributed by atoms with Gasteiger partial charge in [-0.2, -0.15) is 0 Å². The zero-order valence-corrected chi connectivity index (χ0v) is 10.0. The number of hydrogen-bond donors (Lipinski definition) is 2. The summed E-state index contributed by atoms with van der Waals surface area (Å²) in [6.07, 6.45) is 6.43. The third-order valence-electron chi connectivity index (χ3n) is 3.49. The van der Waals surface area contributed by atoms with Gasteiger partial charge in [-0.15, -0.1) is 0 Å². The van der Waals surface area contributed by atoms with Crippen LogP contribution in [0, 0.1) is 5.41 Å². The minimum absolute atomic E-state index is 0.0152. The van der Waals surface area contributed by atoms with Crippen molar-refractivity contribution in [1.82, 2.24) is 5.32 Å². The third kappa shape index (κ3) is 4.20. The lowest BCUT2D eigenvalue weighted by Gasteiger charge is -2.24. The van der Waals surface area contributed by atoms with Crippen LogP contribution < -0.4 is 11.1 Å². The zero-order chi connectivity index (χ0) is 11.3. The van der Waals surface area contributed by atoms with Crippen LogP contribution in [-0.2, 0) is 4.79 Å². The molecule has 1 saturated carbocycles. The first-order valence-corrected chi connectivity index (χ1v) is 6.08. The van der Waals surface area contributed by atoms with Crippen molar-refractivity contribution in [3.63, 3.8) is 0 Å². The fourth-order valence-corrected chi connectivity index (χ4v) is 2.17. The average Bonchev–Trinajstić information content (AvgIpc) is 2.63. The highest BCUT2D eigenvalue weighted by molar-refractivity contribution is 5.76. The maximum Gasteiger partial charge on any atom is 0.221 e. The highest BCUT2D eigenvalue weighted by atomic mass is 16.1. The largest absolute Gasteiger partial charge is 0.356 e. The van der Waals surface area contributed by atoms with Crippen molar-refractivity contribution in [3.05, 3.63) is 0 Å². The smallest absolute Gasteiger partial charge is 0.221 e. The summed E-state index contributed by atoms with van der Waals surface area (Å²) in [7, 11) is 0. The van der Waals surface area contributed by atoms with Crippen LogP contribution in [-0.4, -0.2) is 18.5 Å². The molecule has 0 aromatic carbocycles. The summed E-state index contributed by atoms with van der Waals surface area (Å²) in [5.74, 6) is 0.109. The second-order valence-corrected chi connectivity index (χ2v) is 5.17. The summed E-state index contributed by atoms with van der Waals surface area (Å²) in [5.41, 5.74) is 6.07. The van der Waals surface area contributed by atoms with Gasteiger partial charge in [-0.1, -0.05) is 26.7 Å². The SMILES string of the molecule is CCC(N)CC(=O)NCC1(C)CCCC1. The van der Waals surface area contributed by atoms with Gasteiger partial charge in [0.2, 0.25) is 5.91 Å². The molecule has 0 aliphatic heterocycles. The van der Waals surface area contributed by atoms with E-state index in [2.05, 4.69) is 12.2 Å². The van der Waals surface area contributed by atoms with Crippen molar-refractivity contribution < 1.29 is 4.79 Å². The molecular formula is C12H24N2O. The minimum Gasteiger partial charge on any atom is -0.356 e. The Balaban J connectivity index is 2.21. The van der Waals surface area contributed by atoms with Gasteiger partial charge in [-0.3, -0.25) is 4.79 Å². The summed E-state index contributed by atoms with van der Waals surface area (Å²) in [6.45, 7) is 5.10. The Morgan fingerprint density at radius 3 is 2.60 bits per heavy atom. The number of rotatable bonds is 5. The monoisotopic (exact) mass is 212 g/mol. The molecule has 0 bridgehead atoms. The zero-order valence-electron chi connectivity index (χ0n) is 10.0. The van der Waals surface area contributed by atoms with Gasteiger partial charge in [0.15, 0.2) is 0 Å². The molecule has 3 heteroatoms. The molecule has 1 aliphatic carbocycles. The summed E-state index contributed by atoms with van der Waals surface area (Å²) < 4.78 is 0. The van der Waals surface area contributed by atoms with Crippen molar-refractivity contribution in [1.29, 1.82) is 0 Å². The predicted molar refractivity (Wildman–Crippen MR) is 62.5 cm³/mol. The summed E-state index contributed by atoms with van der Waals surface area (Å²) in [6, 6.07) is 0.0152. The topological polar surface area (TPSA) is 55.1 Å². The Kier molecular flexibility index (Phi) is 4.58. The Labute approximate surface area is 92.8 Å². The van der Waals surface area contributed by atoms with E-state index in [0.29, 0.717) is 11.8 Å². The van der Waals surface area contributed by atoms with Gasteiger partial charge in [0.05, 0.1) is 0 Å². The quantitative estimate of drug-likeness (QED) is 0.730. The molecule has 0 aromatic rings. The Bertz CT molecular complexity index is 210. The fourth-order valence-electron chi connectivity index (χ4n) is 2.17. The lowest BCUT2D eigenvalue weighted by Crippen LogP contribution is -2.37. The molecule has 1 fully saturated rings. The first kappa shape index (κ1) is 12.5. The lowest BCUT2D eigenvalue weighted by molar-refractivity contribution is -0.121. The van der Waals surface area contributed by atoms with E-state index < -0.39 is 0 Å². The van der Waals surface area contributed by atoms with Crippen molar-refractivity contribution in [2.24, 2.45) is 11.1 Å². The van der Waals surface area contributed by atoms with E-state index in [1.165, 1.54) is 25.7 Å². The van der Waals surface area contributed by atoms with E-state index in [1.807, 2.05) is 6.92 Å². The van der Waals surface area contributed by atoms with Crippen LogP contribution >= 0.6 is 0 Å². The van der Waals surface area contributed by atoms with Crippen LogP contribution in [0.4, 0.5) is 0 Å². The van der Waals surface area contributed by atoms with Crippen LogP contribution in [0.1, 0.15) is 52.4 Å². The van der Waals surface area contributed by atoms with Crippen LogP contribution in [0.5, 0.6) is 0 Å². The normalized spacial score (nSPS) is 21.3. The van der Waals surface area contributed by atoms with Gasteiger partial charge in [0, 0.05) is 19.0 Å². The van der Waals surface area contributed by atoms with Gasteiger partial charge in [0.25, 0.3) is 0 Å². The molecule has 1 aliphatic rings. The van der Waals surface area contributed by atoms with Crippen LogP contribution in [0.2, 0.25) is 0 Å². The van der Waals surface area contributed by atoms with E-state index in [0.717, 1.165) is 13.0 Å². The Morgan fingerprint density at radius 1 is 1.47 bits per heavy atom. The summed E-state index contributed by atoms with van der Waals surface area (Å²) in [4.78, 5) is 11.5. The van der Waals surface area contributed by atoms with Crippen molar-refractivity contribution in [3.8, 4) is 0 Å². The predicted octanol–water partition coefficient (Wildman–Crippen LogP) is 1.81. The molecule has 0 aromatic heterocycles. The van der Waals surface area contributed by atoms with Gasteiger partial charge in [0.1, 0.15) is 0 Å². The molecular weight excluding hydrogens is 188 g/mol. The maximum absolute atomic E-state index is 11.5. The number of carbonyl (C=O) groups is 1. The van der Waals surface area contributed by atoms with E-state index in [4.69, 9.17) is 5.73 Å². The number of amides is 1. The van der Waals surface area contributed by atoms with Crippen LogP contribution in [0.3, 0.4) is 0 Å². The second kappa shape index (κ2) is 5.50. The molecule has 15 heavy (non-hydrogen) atoms. The fraction of sp³-hybridized carbons (Fsp3) is 0.917. The molecule has 1 atom stereocenters. The van der Waals surface area contributed by atoms with Crippen LogP contribution in [0.15, 0.2) is 0 Å². The molecule has 88 valence electrons. The second-order valence-electron chi connectivity index (χ2n) is 5.17. The molecule has 1 unspecified atom stereocenters. The average molecular weight is 212 g/mol. The van der Waals surface area contributed by atoms with Crippen molar-refractivity contribution in [2.45, 2.75) is 58.4 Å². The van der Waals surface area contributed by atoms with E-state index >= 15 is 0 Å². The summed E-state index contributed by atoms with van der Waals surface area (Å²) >= 11 is 0. The molecule has 1 rings (SSSR count). The molecule has 1 amide bonds. The van der Waals surface area contributed by atoms with E-state index in [-0.39, 0.29) is 11.9 Å². The highest BCUT2D eigenvalue weighted by Gasteiger charge is 2.28. The van der Waals surface area contributed by atoms with Gasteiger partial charge >= 0.3 is 0 Å². The lowest BCUT2D eigenvalue weighted by atomic mass is 9.89. The standard InChI is InChI=1S/C12H24N2O/c1-3-10(13)8-11(15)14-9-12(2)6-4-5-7-12/h10H,3-9,13H2,1-2H3,(H,14,15). The van der Waals surface area contributed by atoms with Crippen LogP contribution in [0.25, 0.3) is 0 Å². The number of hydrogen-bond acceptors (Lipinski definition) is 2. The highest BCUT2D eigenvalue weighted by Crippen LogP contribution is 2.36. The molecule has 0 spiro atoms. The van der Waals surface area contributed by atoms with Crippen molar-refractivity contribution in [2.75, 3.05) is 6.54 Å². The van der Waals surface area contributed by atoms with Gasteiger partial charge in [-0.25, -0.2) is 0 Å². The third-order valence-corrected chi connectivity index (χ3v) is 3.49. The van der Waals surface area contributed by atoms with Gasteiger partial charge in [-0.05, 0) is 24.7 Å². The number of carbonyl (C=O) groups excluding carboxylic acids is 1. The molecule has 0 saturated heterocycles. The van der Waals surface area contributed by atoms with E-state index in [1.54, 1.807) is 0 Å².